The second-order valence-corrected chi connectivity index (χ2v) is 7.93. The van der Waals surface area contributed by atoms with E-state index in [1.165, 1.54) is 0 Å². The third-order valence-electron chi connectivity index (χ3n) is 5.83. The van der Waals surface area contributed by atoms with Crippen LogP contribution in [0.25, 0.3) is 33.7 Å². The largest absolute Gasteiger partial charge is 0.497 e. The van der Waals surface area contributed by atoms with Gasteiger partial charge in [0.05, 0.1) is 12.7 Å². The van der Waals surface area contributed by atoms with Crippen molar-refractivity contribution in [2.75, 3.05) is 40.3 Å². The number of ether oxygens (including phenoxy) is 1. The van der Waals surface area contributed by atoms with Gasteiger partial charge in [-0.05, 0) is 36.9 Å². The van der Waals surface area contributed by atoms with Crippen LogP contribution in [0.1, 0.15) is 10.4 Å². The first kappa shape index (κ1) is 20.1. The van der Waals surface area contributed by atoms with Gasteiger partial charge in [-0.3, -0.25) is 9.78 Å². The minimum atomic E-state index is 0.000563. The predicted molar refractivity (Wildman–Crippen MR) is 123 cm³/mol. The summed E-state index contributed by atoms with van der Waals surface area (Å²) in [5, 5.41) is 0. The first-order valence-corrected chi connectivity index (χ1v) is 10.5. The first-order chi connectivity index (χ1) is 15.6. The zero-order valence-corrected chi connectivity index (χ0v) is 18.1. The molecule has 0 spiro atoms. The topological polar surface area (TPSA) is 87.2 Å². The average Bonchev–Trinajstić information content (AvgIpc) is 3.29. The SMILES string of the molecule is COc1ccc(-c2ccnc3[nH]c(-c4cncc(C(=O)N5CCN(C)CC5)c4)nc23)cc1. The number of piperazine rings is 1. The zero-order chi connectivity index (χ0) is 22.1. The molecule has 1 aliphatic rings. The molecule has 32 heavy (non-hydrogen) atoms. The number of nitrogens with zero attached hydrogens (tertiary/aromatic N) is 5. The molecule has 3 aromatic heterocycles. The summed E-state index contributed by atoms with van der Waals surface area (Å²) >= 11 is 0. The van der Waals surface area contributed by atoms with E-state index in [2.05, 4.69) is 26.9 Å². The van der Waals surface area contributed by atoms with E-state index in [0.29, 0.717) is 17.0 Å². The van der Waals surface area contributed by atoms with Crippen molar-refractivity contribution in [3.63, 3.8) is 0 Å². The fraction of sp³-hybridized carbons (Fsp3) is 0.250. The predicted octanol–water partition coefficient (Wildman–Crippen LogP) is 3.08. The Labute approximate surface area is 185 Å². The summed E-state index contributed by atoms with van der Waals surface area (Å²) in [6, 6.07) is 11.6. The highest BCUT2D eigenvalue weighted by molar-refractivity contribution is 5.95. The molecule has 5 rings (SSSR count). The average molecular weight is 428 g/mol. The van der Waals surface area contributed by atoms with Crippen molar-refractivity contribution in [2.45, 2.75) is 0 Å². The number of nitrogens with one attached hydrogen (secondary N) is 1. The summed E-state index contributed by atoms with van der Waals surface area (Å²) in [5.41, 5.74) is 4.76. The van der Waals surface area contributed by atoms with Crippen LogP contribution in [0, 0.1) is 0 Å². The van der Waals surface area contributed by atoms with Gasteiger partial charge in [0.2, 0.25) is 0 Å². The number of fused-ring (bicyclic) bond motifs is 1. The van der Waals surface area contributed by atoms with Gasteiger partial charge in [0.1, 0.15) is 17.1 Å². The van der Waals surface area contributed by atoms with Crippen molar-refractivity contribution in [3.05, 3.63) is 60.6 Å². The number of rotatable bonds is 4. The van der Waals surface area contributed by atoms with Crippen molar-refractivity contribution in [2.24, 2.45) is 0 Å². The lowest BCUT2D eigenvalue weighted by atomic mass is 10.1. The Hall–Kier alpha value is -3.78. The molecule has 0 saturated carbocycles. The summed E-state index contributed by atoms with van der Waals surface area (Å²) in [4.78, 5) is 33.9. The van der Waals surface area contributed by atoms with E-state index < -0.39 is 0 Å². The molecular weight excluding hydrogens is 404 g/mol. The number of likely N-dealkylation sites (N-methyl/N-ethyl adjacent to an activating group) is 1. The number of hydrogen-bond acceptors (Lipinski definition) is 6. The summed E-state index contributed by atoms with van der Waals surface area (Å²) < 4.78 is 5.26. The summed E-state index contributed by atoms with van der Waals surface area (Å²) in [5.74, 6) is 1.43. The van der Waals surface area contributed by atoms with Crippen LogP contribution in [0.2, 0.25) is 0 Å². The number of aromatic amines is 1. The van der Waals surface area contributed by atoms with Gasteiger partial charge in [0, 0.05) is 55.9 Å². The number of methoxy groups -OCH3 is 1. The van der Waals surface area contributed by atoms with Gasteiger partial charge < -0.3 is 19.5 Å². The molecule has 162 valence electrons. The smallest absolute Gasteiger partial charge is 0.255 e. The van der Waals surface area contributed by atoms with E-state index in [9.17, 15) is 4.79 Å². The minimum Gasteiger partial charge on any atom is -0.497 e. The number of imidazole rings is 1. The number of carbonyl (C=O) groups is 1. The number of H-pyrrole nitrogens is 1. The molecule has 4 heterocycles. The fourth-order valence-electron chi connectivity index (χ4n) is 3.93. The number of carbonyl (C=O) groups excluding carboxylic acids is 1. The van der Waals surface area contributed by atoms with E-state index in [1.807, 2.05) is 41.3 Å². The molecule has 8 nitrogen and oxygen atoms in total. The molecule has 1 saturated heterocycles. The molecule has 1 aromatic carbocycles. The Bertz CT molecular complexity index is 1260. The molecule has 1 amide bonds. The number of benzene rings is 1. The maximum Gasteiger partial charge on any atom is 0.255 e. The van der Waals surface area contributed by atoms with Gasteiger partial charge in [-0.1, -0.05) is 12.1 Å². The molecule has 0 bridgehead atoms. The van der Waals surface area contributed by atoms with Crippen LogP contribution in [0.5, 0.6) is 5.75 Å². The first-order valence-electron chi connectivity index (χ1n) is 10.5. The Balaban J connectivity index is 1.47. The zero-order valence-electron chi connectivity index (χ0n) is 18.1. The third-order valence-corrected chi connectivity index (χ3v) is 5.83. The van der Waals surface area contributed by atoms with Gasteiger partial charge in [-0.25, -0.2) is 9.97 Å². The summed E-state index contributed by atoms with van der Waals surface area (Å²) in [7, 11) is 3.72. The van der Waals surface area contributed by atoms with Crippen LogP contribution in [0.3, 0.4) is 0 Å². The summed E-state index contributed by atoms with van der Waals surface area (Å²) in [6.45, 7) is 3.20. The summed E-state index contributed by atoms with van der Waals surface area (Å²) in [6.07, 6.45) is 5.09. The van der Waals surface area contributed by atoms with Gasteiger partial charge in [-0.15, -0.1) is 0 Å². The van der Waals surface area contributed by atoms with Crippen molar-refractivity contribution in [1.29, 1.82) is 0 Å². The molecule has 8 heteroatoms. The number of pyridine rings is 2. The Morgan fingerprint density at radius 1 is 1.03 bits per heavy atom. The van der Waals surface area contributed by atoms with E-state index in [-0.39, 0.29) is 5.91 Å². The van der Waals surface area contributed by atoms with Crippen molar-refractivity contribution < 1.29 is 9.53 Å². The normalized spacial score (nSPS) is 14.6. The second-order valence-electron chi connectivity index (χ2n) is 7.93. The third kappa shape index (κ3) is 3.80. The second kappa shape index (κ2) is 8.39. The lowest BCUT2D eigenvalue weighted by Gasteiger charge is -2.32. The minimum absolute atomic E-state index is 0.000563. The van der Waals surface area contributed by atoms with Crippen LogP contribution >= 0.6 is 0 Å². The highest BCUT2D eigenvalue weighted by Gasteiger charge is 2.21. The maximum atomic E-state index is 13.0. The Morgan fingerprint density at radius 2 is 1.81 bits per heavy atom. The number of aromatic nitrogens is 4. The quantitative estimate of drug-likeness (QED) is 0.538. The molecule has 1 aliphatic heterocycles. The highest BCUT2D eigenvalue weighted by Crippen LogP contribution is 2.29. The molecule has 1 N–H and O–H groups in total. The molecule has 0 unspecified atom stereocenters. The van der Waals surface area contributed by atoms with E-state index in [0.717, 1.165) is 54.1 Å². The van der Waals surface area contributed by atoms with Gasteiger partial charge in [-0.2, -0.15) is 0 Å². The lowest BCUT2D eigenvalue weighted by molar-refractivity contribution is 0.0663. The number of amides is 1. The maximum absolute atomic E-state index is 13.0. The van der Waals surface area contributed by atoms with Gasteiger partial charge >= 0.3 is 0 Å². The van der Waals surface area contributed by atoms with Crippen molar-refractivity contribution >= 4 is 17.1 Å². The van der Waals surface area contributed by atoms with Crippen molar-refractivity contribution in [3.8, 4) is 28.3 Å². The fourth-order valence-corrected chi connectivity index (χ4v) is 3.93. The molecule has 4 aromatic rings. The molecular formula is C24H24N6O2. The highest BCUT2D eigenvalue weighted by atomic mass is 16.5. The van der Waals surface area contributed by atoms with Gasteiger partial charge in [0.15, 0.2) is 5.65 Å². The van der Waals surface area contributed by atoms with Gasteiger partial charge in [0.25, 0.3) is 5.91 Å². The van der Waals surface area contributed by atoms with E-state index >= 15 is 0 Å². The molecule has 1 fully saturated rings. The van der Waals surface area contributed by atoms with Crippen LogP contribution in [0.15, 0.2) is 55.0 Å². The van der Waals surface area contributed by atoms with E-state index in [4.69, 9.17) is 9.72 Å². The monoisotopic (exact) mass is 428 g/mol. The number of hydrogen-bond donors (Lipinski definition) is 1. The Kier molecular flexibility index (Phi) is 5.28. The van der Waals surface area contributed by atoms with Crippen LogP contribution in [-0.4, -0.2) is 76.0 Å². The van der Waals surface area contributed by atoms with Crippen LogP contribution in [-0.2, 0) is 0 Å². The standard InChI is InChI=1S/C24H24N6O2/c1-29-9-11-30(12-10-29)24(31)18-13-17(14-25-15-18)22-27-21-20(7-8-26-23(21)28-22)16-3-5-19(32-2)6-4-16/h3-8,13-15H,9-12H2,1-2H3,(H,26,27,28). The lowest BCUT2D eigenvalue weighted by Crippen LogP contribution is -2.47. The van der Waals surface area contributed by atoms with Crippen LogP contribution in [0.4, 0.5) is 0 Å². The molecule has 0 atom stereocenters. The van der Waals surface area contributed by atoms with Crippen molar-refractivity contribution in [1.82, 2.24) is 29.7 Å². The Morgan fingerprint density at radius 3 is 2.56 bits per heavy atom. The van der Waals surface area contributed by atoms with E-state index in [1.54, 1.807) is 25.7 Å². The molecule has 0 aliphatic carbocycles. The molecule has 0 radical (unpaired) electrons. The van der Waals surface area contributed by atoms with Crippen LogP contribution < -0.4 is 4.74 Å².